The van der Waals surface area contributed by atoms with Gasteiger partial charge in [0.2, 0.25) is 5.91 Å². The zero-order valence-electron chi connectivity index (χ0n) is 13.0. The van der Waals surface area contributed by atoms with Crippen LogP contribution in [0.2, 0.25) is 4.34 Å². The molecule has 5 nitrogen and oxygen atoms in total. The minimum absolute atomic E-state index is 0.0600. The monoisotopic (exact) mass is 404 g/mol. The van der Waals surface area contributed by atoms with Crippen LogP contribution in [0.5, 0.6) is 0 Å². The molecule has 24 heavy (non-hydrogen) atoms. The minimum atomic E-state index is -3.69. The maximum Gasteiger partial charge on any atom is 0.252 e. The molecule has 1 aliphatic heterocycles. The molecular weight excluding hydrogens is 388 g/mol. The third kappa shape index (κ3) is 3.52. The second kappa shape index (κ2) is 7.13. The van der Waals surface area contributed by atoms with Crippen LogP contribution in [-0.4, -0.2) is 43.7 Å². The summed E-state index contributed by atoms with van der Waals surface area (Å²) in [6.07, 6.45) is 1.86. The number of sulfonamides is 1. The lowest BCUT2D eigenvalue weighted by molar-refractivity contribution is -0.132. The van der Waals surface area contributed by atoms with E-state index in [-0.39, 0.29) is 22.7 Å². The van der Waals surface area contributed by atoms with Crippen molar-refractivity contribution in [2.24, 2.45) is 0 Å². The van der Waals surface area contributed by atoms with Crippen LogP contribution in [0.3, 0.4) is 0 Å². The molecule has 9 heteroatoms. The van der Waals surface area contributed by atoms with Crippen molar-refractivity contribution >= 4 is 50.2 Å². The summed E-state index contributed by atoms with van der Waals surface area (Å²) in [6, 6.07) is 7.06. The topological polar surface area (TPSA) is 57.7 Å². The van der Waals surface area contributed by atoms with E-state index in [4.69, 9.17) is 11.6 Å². The number of hydrogen-bond acceptors (Lipinski definition) is 5. The molecule has 0 aromatic carbocycles. The van der Waals surface area contributed by atoms with E-state index in [0.29, 0.717) is 10.9 Å². The Balaban J connectivity index is 1.72. The number of amides is 1. The third-order valence-corrected chi connectivity index (χ3v) is 8.49. The standard InChI is InChI=1S/C15H17ClN2O3S3/c1-17(24(20,21)15-7-6-13(16)23-15)10-14(19)18-8-2-4-11(18)12-5-3-9-22-12/h3,5-7,9,11H,2,4,8,10H2,1H3. The molecular formula is C15H17ClN2O3S3. The van der Waals surface area contributed by atoms with Crippen molar-refractivity contribution in [3.05, 3.63) is 38.9 Å². The second-order valence-corrected chi connectivity index (χ2v) is 10.5. The first-order valence-electron chi connectivity index (χ1n) is 7.44. The fraction of sp³-hybridized carbons (Fsp3) is 0.400. The van der Waals surface area contributed by atoms with Crippen LogP contribution in [-0.2, 0) is 14.8 Å². The fourth-order valence-corrected chi connectivity index (χ4v) is 6.49. The fourth-order valence-electron chi connectivity index (χ4n) is 2.80. The number of likely N-dealkylation sites (N-methyl/N-ethyl adjacent to an activating group) is 1. The lowest BCUT2D eigenvalue weighted by Crippen LogP contribution is -2.40. The lowest BCUT2D eigenvalue weighted by atomic mass is 10.2. The van der Waals surface area contributed by atoms with E-state index in [1.807, 2.05) is 17.5 Å². The van der Waals surface area contributed by atoms with Gasteiger partial charge in [-0.05, 0) is 36.4 Å². The van der Waals surface area contributed by atoms with Gasteiger partial charge in [0.15, 0.2) is 0 Å². The molecule has 2 aromatic rings. The van der Waals surface area contributed by atoms with Gasteiger partial charge in [0.1, 0.15) is 4.21 Å². The quantitative estimate of drug-likeness (QED) is 0.766. The van der Waals surface area contributed by atoms with E-state index in [1.165, 1.54) is 13.1 Å². The Bertz CT molecular complexity index is 817. The number of hydrogen-bond donors (Lipinski definition) is 0. The van der Waals surface area contributed by atoms with E-state index in [1.54, 1.807) is 22.3 Å². The summed E-state index contributed by atoms with van der Waals surface area (Å²) in [4.78, 5) is 15.6. The molecule has 0 bridgehead atoms. The number of thiophene rings is 2. The number of halogens is 1. The maximum absolute atomic E-state index is 12.6. The van der Waals surface area contributed by atoms with E-state index < -0.39 is 10.0 Å². The summed E-state index contributed by atoms with van der Waals surface area (Å²) >= 11 is 8.44. The predicted octanol–water partition coefficient (Wildman–Crippen LogP) is 3.45. The summed E-state index contributed by atoms with van der Waals surface area (Å²) < 4.78 is 26.7. The van der Waals surface area contributed by atoms with Gasteiger partial charge in [-0.15, -0.1) is 22.7 Å². The van der Waals surface area contributed by atoms with Gasteiger partial charge < -0.3 is 4.90 Å². The van der Waals surface area contributed by atoms with Crippen molar-refractivity contribution in [1.82, 2.24) is 9.21 Å². The Morgan fingerprint density at radius 3 is 2.83 bits per heavy atom. The largest absolute Gasteiger partial charge is 0.334 e. The highest BCUT2D eigenvalue weighted by Gasteiger charge is 2.33. The smallest absolute Gasteiger partial charge is 0.252 e. The zero-order valence-corrected chi connectivity index (χ0v) is 16.2. The van der Waals surface area contributed by atoms with Crippen molar-refractivity contribution in [2.75, 3.05) is 20.1 Å². The van der Waals surface area contributed by atoms with Crippen LogP contribution in [0.4, 0.5) is 0 Å². The first-order chi connectivity index (χ1) is 11.4. The highest BCUT2D eigenvalue weighted by atomic mass is 35.5. The highest BCUT2D eigenvalue weighted by molar-refractivity contribution is 7.91. The molecule has 0 saturated carbocycles. The summed E-state index contributed by atoms with van der Waals surface area (Å²) in [5, 5.41) is 1.99. The molecule has 3 heterocycles. The van der Waals surface area contributed by atoms with Crippen molar-refractivity contribution < 1.29 is 13.2 Å². The highest BCUT2D eigenvalue weighted by Crippen LogP contribution is 2.35. The Morgan fingerprint density at radius 1 is 1.42 bits per heavy atom. The molecule has 130 valence electrons. The lowest BCUT2D eigenvalue weighted by Gasteiger charge is -2.26. The van der Waals surface area contributed by atoms with E-state index >= 15 is 0 Å². The van der Waals surface area contributed by atoms with Gasteiger partial charge in [0.05, 0.1) is 16.9 Å². The molecule has 0 N–H and O–H groups in total. The third-order valence-electron chi connectivity index (χ3n) is 4.02. The van der Waals surface area contributed by atoms with Crippen LogP contribution < -0.4 is 0 Å². The molecule has 0 radical (unpaired) electrons. The molecule has 0 aliphatic carbocycles. The number of nitrogens with zero attached hydrogens (tertiary/aromatic N) is 2. The molecule has 1 saturated heterocycles. The van der Waals surface area contributed by atoms with Crippen LogP contribution in [0.25, 0.3) is 0 Å². The van der Waals surface area contributed by atoms with Crippen LogP contribution in [0.1, 0.15) is 23.8 Å². The molecule has 1 atom stereocenters. The van der Waals surface area contributed by atoms with Crippen molar-refractivity contribution in [3.8, 4) is 0 Å². The predicted molar refractivity (Wildman–Crippen MR) is 97.2 cm³/mol. The number of carbonyl (C=O) groups excluding carboxylic acids is 1. The number of likely N-dealkylation sites (tertiary alicyclic amines) is 1. The van der Waals surface area contributed by atoms with E-state index in [9.17, 15) is 13.2 Å². The van der Waals surface area contributed by atoms with E-state index in [2.05, 4.69) is 0 Å². The first kappa shape index (κ1) is 17.9. The van der Waals surface area contributed by atoms with Gasteiger partial charge >= 0.3 is 0 Å². The first-order valence-corrected chi connectivity index (χ1v) is 11.0. The van der Waals surface area contributed by atoms with Gasteiger partial charge in [0, 0.05) is 18.5 Å². The minimum Gasteiger partial charge on any atom is -0.334 e. The summed E-state index contributed by atoms with van der Waals surface area (Å²) in [5.74, 6) is -0.167. The zero-order chi connectivity index (χ0) is 17.3. The van der Waals surface area contributed by atoms with Gasteiger partial charge in [0.25, 0.3) is 10.0 Å². The molecule has 2 aromatic heterocycles. The molecule has 0 spiro atoms. The summed E-state index contributed by atoms with van der Waals surface area (Å²) in [7, 11) is -2.26. The average Bonchev–Trinajstić information content (AvgIpc) is 3.27. The normalized spacial score (nSPS) is 18.5. The maximum atomic E-state index is 12.6. The molecule has 1 fully saturated rings. The van der Waals surface area contributed by atoms with Crippen molar-refractivity contribution in [2.45, 2.75) is 23.1 Å². The van der Waals surface area contributed by atoms with Gasteiger partial charge in [-0.2, -0.15) is 4.31 Å². The Hall–Kier alpha value is -0.930. The SMILES string of the molecule is CN(CC(=O)N1CCCC1c1cccs1)S(=O)(=O)c1ccc(Cl)s1. The Morgan fingerprint density at radius 2 is 2.21 bits per heavy atom. The van der Waals surface area contributed by atoms with Crippen LogP contribution in [0.15, 0.2) is 33.9 Å². The molecule has 1 amide bonds. The van der Waals surface area contributed by atoms with Crippen LogP contribution >= 0.6 is 34.3 Å². The van der Waals surface area contributed by atoms with Gasteiger partial charge in [-0.1, -0.05) is 17.7 Å². The molecule has 3 rings (SSSR count). The average molecular weight is 405 g/mol. The summed E-state index contributed by atoms with van der Waals surface area (Å²) in [5.41, 5.74) is 0. The summed E-state index contributed by atoms with van der Waals surface area (Å²) in [6.45, 7) is 0.500. The van der Waals surface area contributed by atoms with Crippen molar-refractivity contribution in [3.63, 3.8) is 0 Å². The van der Waals surface area contributed by atoms with E-state index in [0.717, 1.165) is 33.4 Å². The number of rotatable bonds is 5. The Labute approximate surface area is 154 Å². The molecule has 1 unspecified atom stereocenters. The number of carbonyl (C=O) groups is 1. The van der Waals surface area contributed by atoms with Gasteiger partial charge in [-0.3, -0.25) is 4.79 Å². The molecule has 1 aliphatic rings. The van der Waals surface area contributed by atoms with Crippen molar-refractivity contribution in [1.29, 1.82) is 0 Å². The second-order valence-electron chi connectivity index (χ2n) is 5.58. The van der Waals surface area contributed by atoms with Gasteiger partial charge in [-0.25, -0.2) is 8.42 Å². The van der Waals surface area contributed by atoms with Crippen LogP contribution in [0, 0.1) is 0 Å². The Kier molecular flexibility index (Phi) is 5.31.